The van der Waals surface area contributed by atoms with Crippen LogP contribution in [-0.4, -0.2) is 39.3 Å². The number of aromatic nitrogens is 1. The molecule has 0 bridgehead atoms. The highest BCUT2D eigenvalue weighted by molar-refractivity contribution is 5.96. The number of nitrogens with one attached hydrogen (secondary N) is 1. The van der Waals surface area contributed by atoms with E-state index < -0.39 is 30.3 Å². The molecule has 1 amide bonds. The predicted molar refractivity (Wildman–Crippen MR) is 52.4 cm³/mol. The summed E-state index contributed by atoms with van der Waals surface area (Å²) in [7, 11) is 0. The van der Waals surface area contributed by atoms with Gasteiger partial charge >= 0.3 is 11.9 Å². The first-order chi connectivity index (χ1) is 7.91. The van der Waals surface area contributed by atoms with E-state index >= 15 is 0 Å². The van der Waals surface area contributed by atoms with Gasteiger partial charge in [-0.05, 0) is 6.92 Å². The lowest BCUT2D eigenvalue weighted by molar-refractivity contribution is -0.145. The molecular formula is C9H10N2O6. The molecule has 1 aromatic heterocycles. The molecule has 0 aliphatic heterocycles. The van der Waals surface area contributed by atoms with Crippen molar-refractivity contribution in [2.24, 2.45) is 0 Å². The molecule has 0 spiro atoms. The minimum atomic E-state index is -1.51. The average Bonchev–Trinajstić information content (AvgIpc) is 2.62. The normalized spacial score (nSPS) is 11.8. The van der Waals surface area contributed by atoms with Gasteiger partial charge in [0, 0.05) is 5.56 Å². The van der Waals surface area contributed by atoms with Crippen LogP contribution in [0.2, 0.25) is 0 Å². The van der Waals surface area contributed by atoms with Gasteiger partial charge in [-0.15, -0.1) is 0 Å². The molecule has 1 atom stereocenters. The largest absolute Gasteiger partial charge is 0.481 e. The highest BCUT2D eigenvalue weighted by atomic mass is 16.5. The molecule has 0 unspecified atom stereocenters. The van der Waals surface area contributed by atoms with Crippen molar-refractivity contribution in [3.63, 3.8) is 0 Å². The van der Waals surface area contributed by atoms with Crippen LogP contribution in [0, 0.1) is 6.92 Å². The third-order valence-corrected chi connectivity index (χ3v) is 1.94. The van der Waals surface area contributed by atoms with E-state index in [1.807, 2.05) is 5.32 Å². The Morgan fingerprint density at radius 1 is 1.47 bits per heavy atom. The second-order valence-electron chi connectivity index (χ2n) is 3.30. The zero-order chi connectivity index (χ0) is 13.0. The van der Waals surface area contributed by atoms with Gasteiger partial charge in [-0.2, -0.15) is 0 Å². The highest BCUT2D eigenvalue weighted by Crippen LogP contribution is 2.06. The Hall–Kier alpha value is -2.38. The molecule has 1 heterocycles. The van der Waals surface area contributed by atoms with Gasteiger partial charge in [0.05, 0.1) is 12.6 Å². The number of carbonyl (C=O) groups is 3. The molecule has 0 radical (unpaired) electrons. The zero-order valence-electron chi connectivity index (χ0n) is 8.84. The maximum absolute atomic E-state index is 11.5. The average molecular weight is 242 g/mol. The SMILES string of the molecule is Cc1cnoc1C(=O)N[C@@H](CC(=O)O)C(=O)O. The van der Waals surface area contributed by atoms with Crippen molar-refractivity contribution in [2.75, 3.05) is 0 Å². The summed E-state index contributed by atoms with van der Waals surface area (Å²) in [6.07, 6.45) is 0.580. The first kappa shape index (κ1) is 12.7. The van der Waals surface area contributed by atoms with Crippen molar-refractivity contribution in [3.05, 3.63) is 17.5 Å². The smallest absolute Gasteiger partial charge is 0.326 e. The van der Waals surface area contributed by atoms with Gasteiger partial charge in [0.25, 0.3) is 5.91 Å². The number of carbonyl (C=O) groups excluding carboxylic acids is 1. The van der Waals surface area contributed by atoms with E-state index in [0.717, 1.165) is 0 Å². The van der Waals surface area contributed by atoms with Crippen LogP contribution in [0.4, 0.5) is 0 Å². The molecule has 8 nitrogen and oxygen atoms in total. The third kappa shape index (κ3) is 3.30. The van der Waals surface area contributed by atoms with E-state index in [1.54, 1.807) is 6.92 Å². The fourth-order valence-corrected chi connectivity index (χ4v) is 1.11. The first-order valence-electron chi connectivity index (χ1n) is 4.58. The second kappa shape index (κ2) is 5.10. The number of aliphatic carboxylic acids is 2. The summed E-state index contributed by atoms with van der Waals surface area (Å²) in [6.45, 7) is 1.55. The van der Waals surface area contributed by atoms with Crippen molar-refractivity contribution in [1.29, 1.82) is 0 Å². The van der Waals surface area contributed by atoms with E-state index in [1.165, 1.54) is 6.20 Å². The number of hydrogen-bond acceptors (Lipinski definition) is 5. The molecule has 1 rings (SSSR count). The highest BCUT2D eigenvalue weighted by Gasteiger charge is 2.25. The Balaban J connectivity index is 2.74. The van der Waals surface area contributed by atoms with Gasteiger partial charge in [0.15, 0.2) is 0 Å². The van der Waals surface area contributed by atoms with Crippen molar-refractivity contribution in [1.82, 2.24) is 10.5 Å². The Bertz CT molecular complexity index is 452. The lowest BCUT2D eigenvalue weighted by atomic mass is 10.2. The number of hydrogen-bond donors (Lipinski definition) is 3. The lowest BCUT2D eigenvalue weighted by Gasteiger charge is -2.10. The molecule has 3 N–H and O–H groups in total. The van der Waals surface area contributed by atoms with Crippen LogP contribution in [0.1, 0.15) is 22.5 Å². The van der Waals surface area contributed by atoms with Crippen LogP contribution < -0.4 is 5.32 Å². The molecular weight excluding hydrogens is 232 g/mol. The van der Waals surface area contributed by atoms with Crippen molar-refractivity contribution >= 4 is 17.8 Å². The van der Waals surface area contributed by atoms with Crippen LogP contribution in [-0.2, 0) is 9.59 Å². The zero-order valence-corrected chi connectivity index (χ0v) is 8.84. The molecule has 0 saturated carbocycles. The summed E-state index contributed by atoms with van der Waals surface area (Å²) in [4.78, 5) is 32.6. The minimum absolute atomic E-state index is 0.137. The van der Waals surface area contributed by atoms with Gasteiger partial charge < -0.3 is 20.1 Å². The summed E-state index contributed by atoms with van der Waals surface area (Å²) in [5.74, 6) is -3.71. The van der Waals surface area contributed by atoms with Crippen molar-refractivity contribution in [3.8, 4) is 0 Å². The predicted octanol–water partition coefficient (Wildman–Crippen LogP) is -0.359. The Morgan fingerprint density at radius 3 is 2.53 bits per heavy atom. The van der Waals surface area contributed by atoms with Gasteiger partial charge in [0.1, 0.15) is 6.04 Å². The molecule has 8 heteroatoms. The number of nitrogens with zero attached hydrogens (tertiary/aromatic N) is 1. The summed E-state index contributed by atoms with van der Waals surface area (Å²) < 4.78 is 4.61. The van der Waals surface area contributed by atoms with E-state index in [4.69, 9.17) is 10.2 Å². The molecule has 0 saturated heterocycles. The second-order valence-corrected chi connectivity index (χ2v) is 3.30. The Morgan fingerprint density at radius 2 is 2.12 bits per heavy atom. The quantitative estimate of drug-likeness (QED) is 0.642. The van der Waals surface area contributed by atoms with Gasteiger partial charge in [-0.1, -0.05) is 5.16 Å². The lowest BCUT2D eigenvalue weighted by Crippen LogP contribution is -2.42. The molecule has 1 aromatic rings. The standard InChI is InChI=1S/C9H10N2O6/c1-4-3-10-17-7(4)8(14)11-5(9(15)16)2-6(12)13/h3,5H,2H2,1H3,(H,11,14)(H,12,13)(H,15,16)/t5-/m0/s1. The van der Waals surface area contributed by atoms with Crippen molar-refractivity contribution < 1.29 is 29.1 Å². The number of carboxylic acids is 2. The van der Waals surface area contributed by atoms with Gasteiger partial charge in [-0.3, -0.25) is 9.59 Å². The molecule has 0 fully saturated rings. The van der Waals surface area contributed by atoms with Crippen LogP contribution in [0.25, 0.3) is 0 Å². The Labute approximate surface area is 95.2 Å². The number of carboxylic acid groups (broad SMARTS) is 2. The fraction of sp³-hybridized carbons (Fsp3) is 0.333. The van der Waals surface area contributed by atoms with Crippen LogP contribution in [0.3, 0.4) is 0 Å². The summed E-state index contributed by atoms with van der Waals surface area (Å²) in [6, 6.07) is -1.51. The number of rotatable bonds is 5. The van der Waals surface area contributed by atoms with E-state index in [9.17, 15) is 14.4 Å². The van der Waals surface area contributed by atoms with Crippen LogP contribution >= 0.6 is 0 Å². The third-order valence-electron chi connectivity index (χ3n) is 1.94. The monoisotopic (exact) mass is 242 g/mol. The molecule has 92 valence electrons. The summed E-state index contributed by atoms with van der Waals surface area (Å²) in [5, 5.41) is 22.6. The topological polar surface area (TPSA) is 130 Å². The molecule has 0 aliphatic rings. The van der Waals surface area contributed by atoms with Gasteiger partial charge in [0.2, 0.25) is 5.76 Å². The Kier molecular flexibility index (Phi) is 3.81. The summed E-state index contributed by atoms with van der Waals surface area (Å²) >= 11 is 0. The van der Waals surface area contributed by atoms with Crippen molar-refractivity contribution in [2.45, 2.75) is 19.4 Å². The van der Waals surface area contributed by atoms with E-state index in [-0.39, 0.29) is 5.76 Å². The number of amides is 1. The summed E-state index contributed by atoms with van der Waals surface area (Å²) in [5.41, 5.74) is 0.432. The first-order valence-corrected chi connectivity index (χ1v) is 4.58. The molecule has 0 aliphatic carbocycles. The minimum Gasteiger partial charge on any atom is -0.481 e. The van der Waals surface area contributed by atoms with E-state index in [0.29, 0.717) is 5.56 Å². The van der Waals surface area contributed by atoms with E-state index in [2.05, 4.69) is 9.68 Å². The van der Waals surface area contributed by atoms with Gasteiger partial charge in [-0.25, -0.2) is 4.79 Å². The fourth-order valence-electron chi connectivity index (χ4n) is 1.11. The van der Waals surface area contributed by atoms with Crippen LogP contribution in [0.15, 0.2) is 10.7 Å². The number of aryl methyl sites for hydroxylation is 1. The molecule has 17 heavy (non-hydrogen) atoms. The van der Waals surface area contributed by atoms with Crippen LogP contribution in [0.5, 0.6) is 0 Å². The maximum atomic E-state index is 11.5. The maximum Gasteiger partial charge on any atom is 0.326 e. The molecule has 0 aromatic carbocycles.